The molecule has 1 heterocycles. The summed E-state index contributed by atoms with van der Waals surface area (Å²) in [7, 11) is 5.43. The van der Waals surface area contributed by atoms with Crippen LogP contribution in [-0.4, -0.2) is 23.9 Å². The summed E-state index contributed by atoms with van der Waals surface area (Å²) < 4.78 is 7.17. The Balaban J connectivity index is 2.52. The van der Waals surface area contributed by atoms with E-state index in [2.05, 4.69) is 10.4 Å². The van der Waals surface area contributed by atoms with E-state index in [1.807, 2.05) is 38.4 Å². The predicted molar refractivity (Wildman–Crippen MR) is 72.1 cm³/mol. The van der Waals surface area contributed by atoms with E-state index in [1.165, 1.54) is 0 Å². The first kappa shape index (κ1) is 12.9. The Morgan fingerprint density at radius 3 is 2.67 bits per heavy atom. The van der Waals surface area contributed by atoms with Gasteiger partial charge in [0.2, 0.25) is 0 Å². The minimum atomic E-state index is -0.0545. The number of hydrogen-bond donors (Lipinski definition) is 1. The Morgan fingerprint density at radius 1 is 1.39 bits per heavy atom. The number of para-hydroxylation sites is 1. The highest BCUT2D eigenvalue weighted by Gasteiger charge is 2.22. The Hall–Kier alpha value is -1.52. The quantitative estimate of drug-likeness (QED) is 0.923. The fourth-order valence-electron chi connectivity index (χ4n) is 2.09. The summed E-state index contributed by atoms with van der Waals surface area (Å²) in [5, 5.41) is 8.06. The normalized spacial score (nSPS) is 12.4. The van der Waals surface area contributed by atoms with Crippen LogP contribution in [0.25, 0.3) is 0 Å². The third-order valence-corrected chi connectivity index (χ3v) is 3.24. The van der Waals surface area contributed by atoms with Gasteiger partial charge in [-0.1, -0.05) is 29.8 Å². The van der Waals surface area contributed by atoms with Crippen LogP contribution in [0.1, 0.15) is 17.3 Å². The lowest BCUT2D eigenvalue weighted by Gasteiger charge is -2.20. The van der Waals surface area contributed by atoms with Crippen LogP contribution in [0, 0.1) is 0 Å². The number of nitrogens with one attached hydrogen (secondary N) is 1. The molecule has 2 rings (SSSR count). The zero-order valence-electron chi connectivity index (χ0n) is 10.6. The lowest BCUT2D eigenvalue weighted by molar-refractivity contribution is 0.404. The predicted octanol–water partition coefficient (Wildman–Crippen LogP) is 2.39. The van der Waals surface area contributed by atoms with Crippen molar-refractivity contribution in [3.05, 3.63) is 46.7 Å². The molecule has 0 saturated heterocycles. The Labute approximate surface area is 112 Å². The van der Waals surface area contributed by atoms with Gasteiger partial charge in [-0.3, -0.25) is 4.68 Å². The first-order valence-corrected chi connectivity index (χ1v) is 6.04. The monoisotopic (exact) mass is 265 g/mol. The van der Waals surface area contributed by atoms with Crippen LogP contribution in [0.5, 0.6) is 5.75 Å². The molecule has 1 atom stereocenters. The minimum Gasteiger partial charge on any atom is -0.496 e. The van der Waals surface area contributed by atoms with Crippen LogP contribution in [0.4, 0.5) is 0 Å². The molecule has 0 aliphatic heterocycles. The van der Waals surface area contributed by atoms with Crippen LogP contribution in [0.2, 0.25) is 5.02 Å². The molecule has 0 saturated carbocycles. The molecule has 4 nitrogen and oxygen atoms in total. The van der Waals surface area contributed by atoms with Crippen molar-refractivity contribution in [2.45, 2.75) is 6.04 Å². The van der Waals surface area contributed by atoms with E-state index in [0.29, 0.717) is 5.02 Å². The second-order valence-corrected chi connectivity index (χ2v) is 4.37. The van der Waals surface area contributed by atoms with Crippen LogP contribution >= 0.6 is 11.6 Å². The molecule has 1 aromatic heterocycles. The molecular weight excluding hydrogens is 250 g/mol. The summed E-state index contributed by atoms with van der Waals surface area (Å²) >= 11 is 6.20. The molecule has 1 unspecified atom stereocenters. The van der Waals surface area contributed by atoms with Gasteiger partial charge in [0.25, 0.3) is 0 Å². The number of halogens is 1. The number of nitrogens with zero attached hydrogens (tertiary/aromatic N) is 2. The lowest BCUT2D eigenvalue weighted by Crippen LogP contribution is -2.21. The standard InChI is InChI=1S/C13H16ClN3O/c1-15-12(13-10(14)8-16-17(13)2)9-6-4-5-7-11(9)18-3/h4-8,12,15H,1-3H3. The molecule has 1 N–H and O–H groups in total. The molecule has 0 fully saturated rings. The third kappa shape index (κ3) is 2.21. The maximum absolute atomic E-state index is 6.20. The van der Waals surface area contributed by atoms with Gasteiger partial charge in [0.15, 0.2) is 0 Å². The van der Waals surface area contributed by atoms with Crippen LogP contribution in [0.15, 0.2) is 30.5 Å². The smallest absolute Gasteiger partial charge is 0.124 e. The first-order valence-electron chi connectivity index (χ1n) is 5.66. The number of hydrogen-bond acceptors (Lipinski definition) is 3. The van der Waals surface area contributed by atoms with Gasteiger partial charge < -0.3 is 10.1 Å². The summed E-state index contributed by atoms with van der Waals surface area (Å²) in [5.74, 6) is 0.828. The van der Waals surface area contributed by atoms with Crippen molar-refractivity contribution in [1.29, 1.82) is 0 Å². The Morgan fingerprint density at radius 2 is 2.11 bits per heavy atom. The van der Waals surface area contributed by atoms with E-state index in [1.54, 1.807) is 18.0 Å². The first-order chi connectivity index (χ1) is 8.69. The summed E-state index contributed by atoms with van der Waals surface area (Å²) in [6.07, 6.45) is 1.65. The Bertz CT molecular complexity index is 519. The lowest BCUT2D eigenvalue weighted by atomic mass is 10.0. The number of aromatic nitrogens is 2. The van der Waals surface area contributed by atoms with Crippen molar-refractivity contribution in [3.63, 3.8) is 0 Å². The van der Waals surface area contributed by atoms with E-state index in [0.717, 1.165) is 17.0 Å². The van der Waals surface area contributed by atoms with Gasteiger partial charge in [-0.05, 0) is 13.1 Å². The molecule has 0 aliphatic carbocycles. The van der Waals surface area contributed by atoms with Crippen LogP contribution in [-0.2, 0) is 7.05 Å². The topological polar surface area (TPSA) is 39.1 Å². The number of benzene rings is 1. The van der Waals surface area contributed by atoms with Gasteiger partial charge in [0.05, 0.1) is 30.1 Å². The van der Waals surface area contributed by atoms with Gasteiger partial charge >= 0.3 is 0 Å². The number of rotatable bonds is 4. The molecule has 0 spiro atoms. The summed E-state index contributed by atoms with van der Waals surface area (Å²) in [6.45, 7) is 0. The van der Waals surface area contributed by atoms with Gasteiger partial charge in [-0.2, -0.15) is 5.10 Å². The largest absolute Gasteiger partial charge is 0.496 e. The van der Waals surface area contributed by atoms with Gasteiger partial charge in [-0.25, -0.2) is 0 Å². The zero-order chi connectivity index (χ0) is 13.1. The second-order valence-electron chi connectivity index (χ2n) is 3.96. The molecule has 2 aromatic rings. The van der Waals surface area contributed by atoms with E-state index in [9.17, 15) is 0 Å². The summed E-state index contributed by atoms with van der Waals surface area (Å²) in [5.41, 5.74) is 1.96. The van der Waals surface area contributed by atoms with E-state index >= 15 is 0 Å². The van der Waals surface area contributed by atoms with E-state index < -0.39 is 0 Å². The van der Waals surface area contributed by atoms with Crippen molar-refractivity contribution < 1.29 is 4.74 Å². The van der Waals surface area contributed by atoms with Gasteiger partial charge in [-0.15, -0.1) is 0 Å². The maximum Gasteiger partial charge on any atom is 0.124 e. The molecular formula is C13H16ClN3O. The number of ether oxygens (including phenoxy) is 1. The fourth-order valence-corrected chi connectivity index (χ4v) is 2.36. The molecule has 0 bridgehead atoms. The van der Waals surface area contributed by atoms with Crippen molar-refractivity contribution in [1.82, 2.24) is 15.1 Å². The van der Waals surface area contributed by atoms with E-state index in [4.69, 9.17) is 16.3 Å². The van der Waals surface area contributed by atoms with Gasteiger partial charge in [0.1, 0.15) is 5.75 Å². The zero-order valence-corrected chi connectivity index (χ0v) is 11.4. The molecule has 1 aromatic carbocycles. The SMILES string of the molecule is CNC(c1ccccc1OC)c1c(Cl)cnn1C. The number of methoxy groups -OCH3 is 1. The fraction of sp³-hybridized carbons (Fsp3) is 0.308. The average Bonchev–Trinajstić information content (AvgIpc) is 2.72. The average molecular weight is 266 g/mol. The Kier molecular flexibility index (Phi) is 3.89. The van der Waals surface area contributed by atoms with Crippen LogP contribution < -0.4 is 10.1 Å². The van der Waals surface area contributed by atoms with Crippen molar-refractivity contribution >= 4 is 11.6 Å². The second kappa shape index (κ2) is 5.42. The molecule has 18 heavy (non-hydrogen) atoms. The summed E-state index contributed by atoms with van der Waals surface area (Å²) in [4.78, 5) is 0. The van der Waals surface area contributed by atoms with Crippen LogP contribution in [0.3, 0.4) is 0 Å². The van der Waals surface area contributed by atoms with Crippen molar-refractivity contribution in [2.24, 2.45) is 7.05 Å². The molecule has 0 aliphatic rings. The van der Waals surface area contributed by atoms with Gasteiger partial charge in [0, 0.05) is 12.6 Å². The summed E-state index contributed by atoms with van der Waals surface area (Å²) in [6, 6.07) is 7.82. The minimum absolute atomic E-state index is 0.0545. The maximum atomic E-state index is 6.20. The van der Waals surface area contributed by atoms with E-state index in [-0.39, 0.29) is 6.04 Å². The molecule has 96 valence electrons. The molecule has 0 radical (unpaired) electrons. The third-order valence-electron chi connectivity index (χ3n) is 2.95. The highest BCUT2D eigenvalue weighted by Crippen LogP contribution is 2.32. The highest BCUT2D eigenvalue weighted by atomic mass is 35.5. The van der Waals surface area contributed by atoms with Crippen molar-refractivity contribution in [2.75, 3.05) is 14.2 Å². The number of aryl methyl sites for hydroxylation is 1. The molecule has 5 heteroatoms. The van der Waals surface area contributed by atoms with Crippen molar-refractivity contribution in [3.8, 4) is 5.75 Å². The highest BCUT2D eigenvalue weighted by molar-refractivity contribution is 6.31. The molecule has 0 amide bonds.